The minimum Gasteiger partial charge on any atom is -0.381 e. The van der Waals surface area contributed by atoms with E-state index in [0.29, 0.717) is 12.1 Å². The predicted molar refractivity (Wildman–Crippen MR) is 75.4 cm³/mol. The highest BCUT2D eigenvalue weighted by molar-refractivity contribution is 5.17. The molecule has 2 heterocycles. The van der Waals surface area contributed by atoms with E-state index in [-0.39, 0.29) is 5.41 Å². The Labute approximate surface area is 115 Å². The van der Waals surface area contributed by atoms with Gasteiger partial charge in [-0.05, 0) is 45.2 Å². The molecule has 1 aliphatic carbocycles. The summed E-state index contributed by atoms with van der Waals surface area (Å²) in [5, 5.41) is 3.46. The van der Waals surface area contributed by atoms with Gasteiger partial charge in [0.05, 0.1) is 12.4 Å². The molecule has 1 saturated heterocycles. The Balaban J connectivity index is 1.82. The number of imidazole rings is 1. The Kier molecular flexibility index (Phi) is 3.63. The van der Waals surface area contributed by atoms with Crippen molar-refractivity contribution < 1.29 is 4.74 Å². The molecule has 19 heavy (non-hydrogen) atoms. The van der Waals surface area contributed by atoms with Gasteiger partial charge in [0.2, 0.25) is 0 Å². The Morgan fingerprint density at radius 3 is 2.84 bits per heavy atom. The van der Waals surface area contributed by atoms with Crippen LogP contribution in [0.4, 0.5) is 0 Å². The summed E-state index contributed by atoms with van der Waals surface area (Å²) in [4.78, 5) is 4.44. The van der Waals surface area contributed by atoms with Crippen molar-refractivity contribution in [2.45, 2.75) is 56.6 Å². The molecule has 1 aliphatic heterocycles. The average Bonchev–Trinajstić information content (AvgIpc) is 3.08. The van der Waals surface area contributed by atoms with Crippen molar-refractivity contribution in [1.29, 1.82) is 0 Å². The molecule has 4 heteroatoms. The Bertz CT molecular complexity index is 423. The van der Waals surface area contributed by atoms with Gasteiger partial charge >= 0.3 is 0 Å². The lowest BCUT2D eigenvalue weighted by molar-refractivity contribution is 0.105. The maximum Gasteiger partial charge on any atom is 0.0950 e. The summed E-state index contributed by atoms with van der Waals surface area (Å²) in [7, 11) is 1.83. The smallest absolute Gasteiger partial charge is 0.0950 e. The molecule has 1 aromatic heterocycles. The second kappa shape index (κ2) is 5.25. The van der Waals surface area contributed by atoms with Crippen LogP contribution in [0.15, 0.2) is 12.5 Å². The van der Waals surface area contributed by atoms with E-state index in [1.807, 2.05) is 13.4 Å². The van der Waals surface area contributed by atoms with Crippen molar-refractivity contribution in [3.8, 4) is 0 Å². The van der Waals surface area contributed by atoms with Crippen LogP contribution in [0.25, 0.3) is 0 Å². The second-order valence-electron chi connectivity index (χ2n) is 6.32. The molecule has 0 aromatic carbocycles. The molecule has 3 rings (SSSR count). The molecule has 1 N–H and O–H groups in total. The molecule has 0 spiro atoms. The first-order chi connectivity index (χ1) is 9.23. The third-order valence-corrected chi connectivity index (χ3v) is 5.08. The van der Waals surface area contributed by atoms with Crippen LogP contribution in [0.3, 0.4) is 0 Å². The molecule has 0 amide bonds. The van der Waals surface area contributed by atoms with Crippen LogP contribution >= 0.6 is 0 Å². The van der Waals surface area contributed by atoms with E-state index in [2.05, 4.69) is 28.0 Å². The van der Waals surface area contributed by atoms with Gasteiger partial charge in [-0.25, -0.2) is 4.98 Å². The zero-order valence-electron chi connectivity index (χ0n) is 12.1. The molecule has 1 aromatic rings. The highest BCUT2D eigenvalue weighted by Crippen LogP contribution is 2.38. The summed E-state index contributed by atoms with van der Waals surface area (Å²) >= 11 is 0. The fraction of sp³-hybridized carbons (Fsp3) is 0.800. The third-order valence-electron chi connectivity index (χ3n) is 5.08. The van der Waals surface area contributed by atoms with E-state index in [1.165, 1.54) is 31.4 Å². The van der Waals surface area contributed by atoms with Gasteiger partial charge in [0, 0.05) is 30.5 Å². The number of hydrogen-bond donors (Lipinski definition) is 1. The van der Waals surface area contributed by atoms with Crippen LogP contribution in [-0.2, 0) is 10.2 Å². The highest BCUT2D eigenvalue weighted by atomic mass is 16.5. The fourth-order valence-electron chi connectivity index (χ4n) is 3.68. The zero-order valence-corrected chi connectivity index (χ0v) is 12.1. The normalized spacial score (nSPS) is 30.6. The molecule has 4 nitrogen and oxygen atoms in total. The molecule has 0 bridgehead atoms. The second-order valence-corrected chi connectivity index (χ2v) is 6.32. The predicted octanol–water partition coefficient (Wildman–Crippen LogP) is 2.26. The van der Waals surface area contributed by atoms with Gasteiger partial charge in [-0.15, -0.1) is 0 Å². The van der Waals surface area contributed by atoms with E-state index in [1.54, 1.807) is 0 Å². The van der Waals surface area contributed by atoms with E-state index >= 15 is 0 Å². The molecule has 2 fully saturated rings. The summed E-state index contributed by atoms with van der Waals surface area (Å²) in [5.74, 6) is 0. The number of ether oxygens (including phenoxy) is 1. The summed E-state index contributed by atoms with van der Waals surface area (Å²) in [6.07, 6.45) is 10.5. The van der Waals surface area contributed by atoms with Gasteiger partial charge in [-0.1, -0.05) is 6.92 Å². The third kappa shape index (κ3) is 2.43. The summed E-state index contributed by atoms with van der Waals surface area (Å²) in [5.41, 5.74) is 1.71. The fourth-order valence-corrected chi connectivity index (χ4v) is 3.68. The standard InChI is InChI=1S/C15H25N3O/c1-15(5-7-16-8-6-15)14-10-17-11-18(14)12-3-4-13(9-12)19-2/h10-13,16H,3-9H2,1-2H3. The highest BCUT2D eigenvalue weighted by Gasteiger charge is 2.35. The van der Waals surface area contributed by atoms with Crippen molar-refractivity contribution in [1.82, 2.24) is 14.9 Å². The van der Waals surface area contributed by atoms with Crippen molar-refractivity contribution in [3.05, 3.63) is 18.2 Å². The van der Waals surface area contributed by atoms with Crippen LogP contribution in [0.5, 0.6) is 0 Å². The number of nitrogens with one attached hydrogen (secondary N) is 1. The Morgan fingerprint density at radius 2 is 2.16 bits per heavy atom. The number of methoxy groups -OCH3 is 1. The zero-order chi connectivity index (χ0) is 13.3. The summed E-state index contributed by atoms with van der Waals surface area (Å²) < 4.78 is 7.94. The molecule has 2 unspecified atom stereocenters. The van der Waals surface area contributed by atoms with Crippen LogP contribution < -0.4 is 5.32 Å². The largest absolute Gasteiger partial charge is 0.381 e. The summed E-state index contributed by atoms with van der Waals surface area (Å²) in [6, 6.07) is 0.578. The van der Waals surface area contributed by atoms with Crippen LogP contribution in [-0.4, -0.2) is 35.9 Å². The first-order valence-corrected chi connectivity index (χ1v) is 7.49. The van der Waals surface area contributed by atoms with Gasteiger partial charge in [0.25, 0.3) is 0 Å². The van der Waals surface area contributed by atoms with Gasteiger partial charge in [-0.2, -0.15) is 0 Å². The number of nitrogens with zero attached hydrogens (tertiary/aromatic N) is 2. The SMILES string of the molecule is COC1CCC(n2cncc2C2(C)CCNCC2)C1. The summed E-state index contributed by atoms with van der Waals surface area (Å²) in [6.45, 7) is 4.63. The maximum atomic E-state index is 5.51. The van der Waals surface area contributed by atoms with Gasteiger partial charge < -0.3 is 14.6 Å². The number of piperidine rings is 1. The topological polar surface area (TPSA) is 39.1 Å². The minimum atomic E-state index is 0.285. The molecule has 2 aliphatic rings. The van der Waals surface area contributed by atoms with Crippen molar-refractivity contribution >= 4 is 0 Å². The van der Waals surface area contributed by atoms with Crippen LogP contribution in [0, 0.1) is 0 Å². The maximum absolute atomic E-state index is 5.51. The van der Waals surface area contributed by atoms with Crippen LogP contribution in [0.1, 0.15) is 50.8 Å². The van der Waals surface area contributed by atoms with Crippen molar-refractivity contribution in [2.24, 2.45) is 0 Å². The molecule has 1 saturated carbocycles. The van der Waals surface area contributed by atoms with Crippen molar-refractivity contribution in [3.63, 3.8) is 0 Å². The molecule has 2 atom stereocenters. The van der Waals surface area contributed by atoms with E-state index in [4.69, 9.17) is 4.74 Å². The molecular formula is C15H25N3O. The monoisotopic (exact) mass is 263 g/mol. The Hall–Kier alpha value is -0.870. The average molecular weight is 263 g/mol. The van der Waals surface area contributed by atoms with Gasteiger partial charge in [0.1, 0.15) is 0 Å². The lowest BCUT2D eigenvalue weighted by Crippen LogP contribution is -2.39. The lowest BCUT2D eigenvalue weighted by Gasteiger charge is -2.35. The number of rotatable bonds is 3. The molecular weight excluding hydrogens is 238 g/mol. The quantitative estimate of drug-likeness (QED) is 0.909. The van der Waals surface area contributed by atoms with E-state index in [9.17, 15) is 0 Å². The van der Waals surface area contributed by atoms with Crippen molar-refractivity contribution in [2.75, 3.05) is 20.2 Å². The first kappa shape index (κ1) is 13.1. The minimum absolute atomic E-state index is 0.285. The van der Waals surface area contributed by atoms with Gasteiger partial charge in [-0.3, -0.25) is 0 Å². The lowest BCUT2D eigenvalue weighted by atomic mass is 9.78. The molecule has 106 valence electrons. The molecule has 0 radical (unpaired) electrons. The number of hydrogen-bond acceptors (Lipinski definition) is 3. The van der Waals surface area contributed by atoms with Gasteiger partial charge in [0.15, 0.2) is 0 Å². The Morgan fingerprint density at radius 1 is 1.37 bits per heavy atom. The van der Waals surface area contributed by atoms with E-state index in [0.717, 1.165) is 19.5 Å². The van der Waals surface area contributed by atoms with E-state index < -0.39 is 0 Å². The number of aromatic nitrogens is 2. The first-order valence-electron chi connectivity index (χ1n) is 7.49. The van der Waals surface area contributed by atoms with Crippen LogP contribution in [0.2, 0.25) is 0 Å².